The Morgan fingerprint density at radius 1 is 1.25 bits per heavy atom. The van der Waals surface area contributed by atoms with Crippen LogP contribution in [0.1, 0.15) is 24.2 Å². The summed E-state index contributed by atoms with van der Waals surface area (Å²) >= 11 is 0. The zero-order chi connectivity index (χ0) is 14.7. The monoisotopic (exact) mass is 271 g/mol. The SMILES string of the molecule is CC(C)[C@H](NC(=O)c1cnc2ccccc2c1)C(N)=O. The van der Waals surface area contributed by atoms with Crippen molar-refractivity contribution in [1.82, 2.24) is 10.3 Å². The molecule has 5 heteroatoms. The highest BCUT2D eigenvalue weighted by atomic mass is 16.2. The van der Waals surface area contributed by atoms with Gasteiger partial charge in [0.05, 0.1) is 11.1 Å². The van der Waals surface area contributed by atoms with E-state index >= 15 is 0 Å². The fourth-order valence-corrected chi connectivity index (χ4v) is 1.99. The highest BCUT2D eigenvalue weighted by Crippen LogP contribution is 2.13. The third-order valence-corrected chi connectivity index (χ3v) is 3.11. The molecule has 0 saturated heterocycles. The van der Waals surface area contributed by atoms with Crippen LogP contribution in [0.4, 0.5) is 0 Å². The lowest BCUT2D eigenvalue weighted by atomic mass is 10.0. The minimum absolute atomic E-state index is 0.0649. The predicted molar refractivity (Wildman–Crippen MR) is 77.0 cm³/mol. The van der Waals surface area contributed by atoms with Crippen molar-refractivity contribution in [2.45, 2.75) is 19.9 Å². The first kappa shape index (κ1) is 14.0. The number of hydrogen-bond acceptors (Lipinski definition) is 3. The number of carbonyl (C=O) groups excluding carboxylic acids is 2. The molecular formula is C15H17N3O2. The van der Waals surface area contributed by atoms with Crippen LogP contribution in [-0.4, -0.2) is 22.8 Å². The lowest BCUT2D eigenvalue weighted by Crippen LogP contribution is -2.47. The summed E-state index contributed by atoms with van der Waals surface area (Å²) in [6.45, 7) is 3.66. The van der Waals surface area contributed by atoms with Crippen molar-refractivity contribution >= 4 is 22.7 Å². The third kappa shape index (κ3) is 2.93. The van der Waals surface area contributed by atoms with Crippen LogP contribution in [-0.2, 0) is 4.79 Å². The third-order valence-electron chi connectivity index (χ3n) is 3.11. The molecule has 2 rings (SSSR count). The fraction of sp³-hybridized carbons (Fsp3) is 0.267. The molecule has 0 aliphatic carbocycles. The normalized spacial score (nSPS) is 12.3. The molecule has 2 aromatic rings. The van der Waals surface area contributed by atoms with Crippen molar-refractivity contribution in [3.63, 3.8) is 0 Å². The lowest BCUT2D eigenvalue weighted by molar-refractivity contribution is -0.120. The van der Waals surface area contributed by atoms with Gasteiger partial charge in [0.15, 0.2) is 0 Å². The summed E-state index contributed by atoms with van der Waals surface area (Å²) < 4.78 is 0. The molecule has 0 saturated carbocycles. The Kier molecular flexibility index (Phi) is 3.98. The summed E-state index contributed by atoms with van der Waals surface area (Å²) in [5.74, 6) is -0.951. The van der Waals surface area contributed by atoms with Gasteiger partial charge in [-0.05, 0) is 18.1 Å². The van der Waals surface area contributed by atoms with Gasteiger partial charge in [-0.25, -0.2) is 0 Å². The van der Waals surface area contributed by atoms with E-state index in [0.717, 1.165) is 10.9 Å². The Morgan fingerprint density at radius 3 is 2.60 bits per heavy atom. The molecule has 1 aromatic carbocycles. The highest BCUT2D eigenvalue weighted by molar-refractivity contribution is 5.99. The summed E-state index contributed by atoms with van der Waals surface area (Å²) in [4.78, 5) is 27.7. The van der Waals surface area contributed by atoms with Crippen molar-refractivity contribution in [2.75, 3.05) is 0 Å². The molecule has 1 heterocycles. The quantitative estimate of drug-likeness (QED) is 0.883. The number of benzene rings is 1. The molecule has 0 aliphatic heterocycles. The number of nitrogens with two attached hydrogens (primary N) is 1. The Hall–Kier alpha value is -2.43. The van der Waals surface area contributed by atoms with Crippen LogP contribution >= 0.6 is 0 Å². The number of rotatable bonds is 4. The van der Waals surface area contributed by atoms with Gasteiger partial charge in [-0.2, -0.15) is 0 Å². The number of aromatic nitrogens is 1. The number of hydrogen-bond donors (Lipinski definition) is 2. The van der Waals surface area contributed by atoms with E-state index in [2.05, 4.69) is 10.3 Å². The molecule has 104 valence electrons. The maximum absolute atomic E-state index is 12.1. The summed E-state index contributed by atoms with van der Waals surface area (Å²) in [6, 6.07) is 8.58. The minimum Gasteiger partial charge on any atom is -0.368 e. The first-order chi connectivity index (χ1) is 9.49. The van der Waals surface area contributed by atoms with Crippen molar-refractivity contribution in [3.8, 4) is 0 Å². The summed E-state index contributed by atoms with van der Waals surface area (Å²) in [6.07, 6.45) is 1.50. The van der Waals surface area contributed by atoms with Crippen molar-refractivity contribution in [2.24, 2.45) is 11.7 Å². The van der Waals surface area contributed by atoms with Gasteiger partial charge in [0.2, 0.25) is 5.91 Å². The fourth-order valence-electron chi connectivity index (χ4n) is 1.99. The second-order valence-corrected chi connectivity index (χ2v) is 5.01. The molecule has 3 N–H and O–H groups in total. The van der Waals surface area contributed by atoms with Gasteiger partial charge in [0, 0.05) is 11.6 Å². The predicted octanol–water partition coefficient (Wildman–Crippen LogP) is 1.47. The number of carbonyl (C=O) groups is 2. The Bertz CT molecular complexity index is 652. The van der Waals surface area contributed by atoms with Crippen LogP contribution < -0.4 is 11.1 Å². The largest absolute Gasteiger partial charge is 0.368 e. The standard InChI is InChI=1S/C15H17N3O2/c1-9(2)13(14(16)19)18-15(20)11-7-10-5-3-4-6-12(10)17-8-11/h3-9,13H,1-2H3,(H2,16,19)(H,18,20)/t13-/m0/s1. The van der Waals surface area contributed by atoms with Gasteiger partial charge in [-0.15, -0.1) is 0 Å². The van der Waals surface area contributed by atoms with Crippen LogP contribution in [0.3, 0.4) is 0 Å². The molecule has 2 amide bonds. The maximum Gasteiger partial charge on any atom is 0.253 e. The van der Waals surface area contributed by atoms with E-state index in [9.17, 15) is 9.59 Å². The van der Waals surface area contributed by atoms with Crippen LogP contribution in [0.15, 0.2) is 36.5 Å². The number of para-hydroxylation sites is 1. The number of amides is 2. The molecule has 20 heavy (non-hydrogen) atoms. The number of nitrogens with one attached hydrogen (secondary N) is 1. The Morgan fingerprint density at radius 2 is 1.95 bits per heavy atom. The highest BCUT2D eigenvalue weighted by Gasteiger charge is 2.22. The zero-order valence-corrected chi connectivity index (χ0v) is 11.5. The van der Waals surface area contributed by atoms with E-state index in [1.807, 2.05) is 38.1 Å². The van der Waals surface area contributed by atoms with Crippen molar-refractivity contribution in [3.05, 3.63) is 42.1 Å². The molecule has 0 bridgehead atoms. The summed E-state index contributed by atoms with van der Waals surface area (Å²) in [7, 11) is 0. The molecule has 0 radical (unpaired) electrons. The Labute approximate surface area is 117 Å². The first-order valence-electron chi connectivity index (χ1n) is 6.44. The summed E-state index contributed by atoms with van der Waals surface area (Å²) in [5, 5.41) is 3.52. The molecule has 0 spiro atoms. The van der Waals surface area contributed by atoms with Gasteiger partial charge in [-0.1, -0.05) is 32.0 Å². The minimum atomic E-state index is -0.686. The van der Waals surface area contributed by atoms with Crippen molar-refractivity contribution < 1.29 is 9.59 Å². The van der Waals surface area contributed by atoms with E-state index in [4.69, 9.17) is 5.73 Å². The second kappa shape index (κ2) is 5.69. The number of fused-ring (bicyclic) bond motifs is 1. The molecule has 1 atom stereocenters. The van der Waals surface area contributed by atoms with Crippen LogP contribution in [0.25, 0.3) is 10.9 Å². The molecule has 0 aliphatic rings. The molecular weight excluding hydrogens is 254 g/mol. The summed E-state index contributed by atoms with van der Waals surface area (Å²) in [5.41, 5.74) is 6.52. The van der Waals surface area contributed by atoms with Gasteiger partial charge >= 0.3 is 0 Å². The van der Waals surface area contributed by atoms with Crippen LogP contribution in [0.2, 0.25) is 0 Å². The second-order valence-electron chi connectivity index (χ2n) is 5.01. The smallest absolute Gasteiger partial charge is 0.253 e. The molecule has 1 aromatic heterocycles. The average Bonchev–Trinajstić information content (AvgIpc) is 2.43. The lowest BCUT2D eigenvalue weighted by Gasteiger charge is -2.18. The van der Waals surface area contributed by atoms with Gasteiger partial charge in [0.25, 0.3) is 5.91 Å². The van der Waals surface area contributed by atoms with Gasteiger partial charge < -0.3 is 11.1 Å². The molecule has 0 fully saturated rings. The van der Waals surface area contributed by atoms with E-state index in [1.54, 1.807) is 6.07 Å². The van der Waals surface area contributed by atoms with Crippen molar-refractivity contribution in [1.29, 1.82) is 0 Å². The first-order valence-corrected chi connectivity index (χ1v) is 6.44. The topological polar surface area (TPSA) is 85.1 Å². The van der Waals surface area contributed by atoms with E-state index < -0.39 is 11.9 Å². The van der Waals surface area contributed by atoms with Crippen LogP contribution in [0.5, 0.6) is 0 Å². The Balaban J connectivity index is 2.24. The molecule has 0 unspecified atom stereocenters. The van der Waals surface area contributed by atoms with Gasteiger partial charge in [0.1, 0.15) is 6.04 Å². The number of pyridine rings is 1. The van der Waals surface area contributed by atoms with Crippen LogP contribution in [0, 0.1) is 5.92 Å². The number of nitrogens with zero attached hydrogens (tertiary/aromatic N) is 1. The van der Waals surface area contributed by atoms with Gasteiger partial charge in [-0.3, -0.25) is 14.6 Å². The van der Waals surface area contributed by atoms with E-state index in [1.165, 1.54) is 6.20 Å². The van der Waals surface area contributed by atoms with E-state index in [-0.39, 0.29) is 11.8 Å². The van der Waals surface area contributed by atoms with E-state index in [0.29, 0.717) is 5.56 Å². The average molecular weight is 271 g/mol. The molecule has 5 nitrogen and oxygen atoms in total. The number of primary amides is 1. The maximum atomic E-state index is 12.1. The zero-order valence-electron chi connectivity index (χ0n) is 11.5.